The highest BCUT2D eigenvalue weighted by atomic mass is 35.5. The van der Waals surface area contributed by atoms with E-state index in [0.717, 1.165) is 22.2 Å². The molecule has 0 spiro atoms. The zero-order valence-electron chi connectivity index (χ0n) is 20.4. The van der Waals surface area contributed by atoms with Gasteiger partial charge in [-0.2, -0.15) is 11.8 Å². The number of hydrogen-bond acceptors (Lipinski definition) is 5. The number of aryl methyl sites for hydroxylation is 1. The van der Waals surface area contributed by atoms with E-state index in [0.29, 0.717) is 29.6 Å². The number of nitrogens with one attached hydrogen (secondary N) is 1. The zero-order chi connectivity index (χ0) is 26.0. The number of thioether (sulfide) groups is 1. The highest BCUT2D eigenvalue weighted by molar-refractivity contribution is 7.98. The normalized spacial score (nSPS) is 11.2. The minimum Gasteiger partial charge on any atom is -0.492 e. The summed E-state index contributed by atoms with van der Waals surface area (Å²) in [5, 5.41) is 3.28. The molecule has 3 aromatic carbocycles. The van der Waals surface area contributed by atoms with Crippen LogP contribution in [0.15, 0.2) is 77.7 Å². The molecular formula is C27H31ClN2O4S2. The van der Waals surface area contributed by atoms with Gasteiger partial charge in [0.15, 0.2) is 0 Å². The summed E-state index contributed by atoms with van der Waals surface area (Å²) in [6.45, 7) is 4.34. The van der Waals surface area contributed by atoms with Gasteiger partial charge in [0.1, 0.15) is 12.3 Å². The molecule has 0 fully saturated rings. The molecule has 9 heteroatoms. The maximum absolute atomic E-state index is 13.6. The van der Waals surface area contributed by atoms with Crippen LogP contribution in [0.25, 0.3) is 0 Å². The minimum atomic E-state index is -4.05. The molecule has 1 amide bonds. The third kappa shape index (κ3) is 7.91. The molecule has 0 aliphatic heterocycles. The van der Waals surface area contributed by atoms with Crippen LogP contribution in [0, 0.1) is 6.92 Å². The van der Waals surface area contributed by atoms with Gasteiger partial charge in [0.25, 0.3) is 10.0 Å². The lowest BCUT2D eigenvalue weighted by atomic mass is 10.2. The standard InChI is InChI=1S/C27H31ClN2O4S2/c1-3-34-26-11-5-4-10-25(26)30(36(32,33)24-14-12-23(28)13-15-24)19-27(31)29-16-7-17-35-20-22-9-6-8-21(2)18-22/h4-6,8-15,18H,3,7,16-17,19-20H2,1-2H3,(H,29,31). The quantitative estimate of drug-likeness (QED) is 0.279. The number of hydrogen-bond donors (Lipinski definition) is 1. The number of para-hydroxylation sites is 2. The van der Waals surface area contributed by atoms with Gasteiger partial charge in [-0.05, 0) is 68.0 Å². The Morgan fingerprint density at radius 1 is 1.06 bits per heavy atom. The van der Waals surface area contributed by atoms with Gasteiger partial charge in [0.2, 0.25) is 5.91 Å². The summed E-state index contributed by atoms with van der Waals surface area (Å²) in [4.78, 5) is 12.9. The molecule has 0 aromatic heterocycles. The fraction of sp³-hybridized carbons (Fsp3) is 0.296. The van der Waals surface area contributed by atoms with E-state index in [1.807, 2.05) is 6.92 Å². The summed E-state index contributed by atoms with van der Waals surface area (Å²) in [5.41, 5.74) is 2.82. The zero-order valence-corrected chi connectivity index (χ0v) is 22.8. The van der Waals surface area contributed by atoms with Crippen molar-refractivity contribution in [3.8, 4) is 5.75 Å². The average molecular weight is 547 g/mol. The van der Waals surface area contributed by atoms with Crippen LogP contribution >= 0.6 is 23.4 Å². The maximum atomic E-state index is 13.6. The number of anilines is 1. The van der Waals surface area contributed by atoms with Crippen molar-refractivity contribution in [2.45, 2.75) is 30.9 Å². The van der Waals surface area contributed by atoms with Gasteiger partial charge in [-0.1, -0.05) is 53.6 Å². The van der Waals surface area contributed by atoms with Crippen LogP contribution in [0.4, 0.5) is 5.69 Å². The molecule has 0 radical (unpaired) electrons. The second-order valence-electron chi connectivity index (χ2n) is 8.11. The van der Waals surface area contributed by atoms with Crippen LogP contribution in [0.2, 0.25) is 5.02 Å². The number of benzene rings is 3. The number of rotatable bonds is 13. The topological polar surface area (TPSA) is 75.7 Å². The van der Waals surface area contributed by atoms with E-state index in [2.05, 4.69) is 36.5 Å². The first-order valence-corrected chi connectivity index (χ1v) is 14.7. The van der Waals surface area contributed by atoms with Crippen LogP contribution in [0.1, 0.15) is 24.5 Å². The minimum absolute atomic E-state index is 0.0403. The monoisotopic (exact) mass is 546 g/mol. The van der Waals surface area contributed by atoms with Gasteiger partial charge in [0.05, 0.1) is 17.2 Å². The molecule has 1 N–H and O–H groups in total. The molecule has 3 aromatic rings. The van der Waals surface area contributed by atoms with Gasteiger partial charge in [0, 0.05) is 17.3 Å². The van der Waals surface area contributed by atoms with Gasteiger partial charge in [-0.15, -0.1) is 0 Å². The molecule has 0 saturated heterocycles. The van der Waals surface area contributed by atoms with E-state index in [9.17, 15) is 13.2 Å². The third-order valence-electron chi connectivity index (χ3n) is 5.26. The first-order valence-electron chi connectivity index (χ1n) is 11.7. The highest BCUT2D eigenvalue weighted by Gasteiger charge is 2.29. The largest absolute Gasteiger partial charge is 0.492 e. The van der Waals surface area contributed by atoms with Gasteiger partial charge >= 0.3 is 0 Å². The lowest BCUT2D eigenvalue weighted by Crippen LogP contribution is -2.41. The second kappa shape index (κ2) is 13.6. The lowest BCUT2D eigenvalue weighted by molar-refractivity contribution is -0.119. The second-order valence-corrected chi connectivity index (χ2v) is 11.5. The van der Waals surface area contributed by atoms with E-state index in [1.54, 1.807) is 36.0 Å². The van der Waals surface area contributed by atoms with Crippen molar-refractivity contribution in [2.24, 2.45) is 0 Å². The Labute approximate surface area is 223 Å². The summed E-state index contributed by atoms with van der Waals surface area (Å²) in [5.74, 6) is 1.80. The Bertz CT molecular complexity index is 1250. The number of carbonyl (C=O) groups excluding carboxylic acids is 1. The van der Waals surface area contributed by atoms with Crippen LogP contribution < -0.4 is 14.4 Å². The first kappa shape index (κ1) is 27.9. The molecule has 0 heterocycles. The van der Waals surface area contributed by atoms with Crippen molar-refractivity contribution in [1.82, 2.24) is 5.32 Å². The molecule has 36 heavy (non-hydrogen) atoms. The molecule has 0 atom stereocenters. The Balaban J connectivity index is 1.65. The lowest BCUT2D eigenvalue weighted by Gasteiger charge is -2.26. The molecule has 192 valence electrons. The predicted octanol–water partition coefficient (Wildman–Crippen LogP) is 5.68. The highest BCUT2D eigenvalue weighted by Crippen LogP contribution is 2.32. The molecule has 0 aliphatic carbocycles. The number of halogens is 1. The number of sulfonamides is 1. The SMILES string of the molecule is CCOc1ccccc1N(CC(=O)NCCCSCc1cccc(C)c1)S(=O)(=O)c1ccc(Cl)cc1. The third-order valence-corrected chi connectivity index (χ3v) is 8.40. The van der Waals surface area contributed by atoms with Gasteiger partial charge in [-0.25, -0.2) is 8.42 Å². The molecule has 0 aliphatic rings. The Hall–Kier alpha value is -2.68. The summed E-state index contributed by atoms with van der Waals surface area (Å²) < 4.78 is 33.9. The molecular weight excluding hydrogens is 516 g/mol. The van der Waals surface area contributed by atoms with Crippen molar-refractivity contribution < 1.29 is 17.9 Å². The Morgan fingerprint density at radius 2 is 1.81 bits per heavy atom. The van der Waals surface area contributed by atoms with Crippen LogP contribution in [-0.2, 0) is 20.6 Å². The van der Waals surface area contributed by atoms with Crippen molar-refractivity contribution in [2.75, 3.05) is 29.8 Å². The number of ether oxygens (including phenoxy) is 1. The maximum Gasteiger partial charge on any atom is 0.264 e. The number of amides is 1. The van der Waals surface area contributed by atoms with Gasteiger partial charge in [-0.3, -0.25) is 9.10 Å². The van der Waals surface area contributed by atoms with Crippen molar-refractivity contribution >= 4 is 45.0 Å². The fourth-order valence-electron chi connectivity index (χ4n) is 3.55. The van der Waals surface area contributed by atoms with Crippen molar-refractivity contribution in [1.29, 1.82) is 0 Å². The smallest absolute Gasteiger partial charge is 0.264 e. The van der Waals surface area contributed by atoms with Gasteiger partial charge < -0.3 is 10.1 Å². The fourth-order valence-corrected chi connectivity index (χ4v) is 6.02. The Morgan fingerprint density at radius 3 is 2.53 bits per heavy atom. The Kier molecular flexibility index (Phi) is 10.5. The van der Waals surface area contributed by atoms with E-state index in [4.69, 9.17) is 16.3 Å². The van der Waals surface area contributed by atoms with E-state index < -0.39 is 10.0 Å². The van der Waals surface area contributed by atoms with E-state index >= 15 is 0 Å². The molecule has 6 nitrogen and oxygen atoms in total. The van der Waals surface area contributed by atoms with Crippen molar-refractivity contribution in [3.05, 3.63) is 88.9 Å². The van der Waals surface area contributed by atoms with Crippen LogP contribution in [-0.4, -0.2) is 39.8 Å². The number of carbonyl (C=O) groups is 1. The van der Waals surface area contributed by atoms with E-state index in [-0.39, 0.29) is 17.3 Å². The average Bonchev–Trinajstić information content (AvgIpc) is 2.85. The van der Waals surface area contributed by atoms with E-state index in [1.165, 1.54) is 35.4 Å². The summed E-state index contributed by atoms with van der Waals surface area (Å²) >= 11 is 7.75. The first-order chi connectivity index (χ1) is 17.3. The van der Waals surface area contributed by atoms with Crippen LogP contribution in [0.5, 0.6) is 5.75 Å². The number of nitrogens with zero attached hydrogens (tertiary/aromatic N) is 1. The summed E-state index contributed by atoms with van der Waals surface area (Å²) in [6, 6.07) is 21.1. The summed E-state index contributed by atoms with van der Waals surface area (Å²) in [6.07, 6.45) is 0.779. The molecule has 0 saturated carbocycles. The molecule has 0 bridgehead atoms. The van der Waals surface area contributed by atoms with Crippen LogP contribution in [0.3, 0.4) is 0 Å². The van der Waals surface area contributed by atoms with Crippen molar-refractivity contribution in [3.63, 3.8) is 0 Å². The predicted molar refractivity (Wildman–Crippen MR) is 149 cm³/mol. The molecule has 0 unspecified atom stereocenters. The molecule has 3 rings (SSSR count). The summed E-state index contributed by atoms with van der Waals surface area (Å²) in [7, 11) is -4.05.